The predicted octanol–water partition coefficient (Wildman–Crippen LogP) is 1.64. The van der Waals surface area contributed by atoms with Crippen LogP contribution in [0.25, 0.3) is 0 Å². The van der Waals surface area contributed by atoms with Crippen LogP contribution in [-0.2, 0) is 23.1 Å². The van der Waals surface area contributed by atoms with Crippen molar-refractivity contribution >= 4 is 17.5 Å². The molecule has 2 heterocycles. The summed E-state index contributed by atoms with van der Waals surface area (Å²) in [6.07, 6.45) is 3.25. The van der Waals surface area contributed by atoms with Gasteiger partial charge in [0, 0.05) is 12.7 Å². The van der Waals surface area contributed by atoms with Gasteiger partial charge < -0.3 is 4.57 Å². The maximum atomic E-state index is 12.8. The number of aryl methyl sites for hydroxylation is 1. The van der Waals surface area contributed by atoms with Crippen LogP contribution in [0.5, 0.6) is 0 Å². The fourth-order valence-corrected chi connectivity index (χ4v) is 3.49. The molecule has 2 atom stereocenters. The van der Waals surface area contributed by atoms with Gasteiger partial charge in [-0.15, -0.1) is 0 Å². The summed E-state index contributed by atoms with van der Waals surface area (Å²) >= 11 is 0. The minimum atomic E-state index is -0.414. The topological polar surface area (TPSA) is 55.2 Å². The Morgan fingerprint density at radius 3 is 2.67 bits per heavy atom. The van der Waals surface area contributed by atoms with Gasteiger partial charge in [0.25, 0.3) is 0 Å². The molecule has 1 saturated heterocycles. The average Bonchev–Trinajstić information content (AvgIpc) is 3.00. The Kier molecular flexibility index (Phi) is 2.51. The number of amides is 2. The molecule has 2 unspecified atom stereocenters. The lowest BCUT2D eigenvalue weighted by Crippen LogP contribution is -2.30. The first kappa shape index (κ1) is 12.3. The Balaban J connectivity index is 1.80. The molecule has 5 nitrogen and oxygen atoms in total. The van der Waals surface area contributed by atoms with Crippen LogP contribution in [-0.4, -0.2) is 21.4 Å². The van der Waals surface area contributed by atoms with Crippen LogP contribution in [0.2, 0.25) is 0 Å². The van der Waals surface area contributed by atoms with E-state index in [0.29, 0.717) is 12.1 Å². The van der Waals surface area contributed by atoms with Crippen LogP contribution in [0.4, 0.5) is 5.69 Å². The molecular weight excluding hydrogens is 266 g/mol. The fraction of sp³-hybridized carbons (Fsp3) is 0.312. The largest absolute Gasteiger partial charge is 0.337 e. The van der Waals surface area contributed by atoms with Gasteiger partial charge in [-0.2, -0.15) is 0 Å². The van der Waals surface area contributed by atoms with Crippen LogP contribution >= 0.6 is 0 Å². The van der Waals surface area contributed by atoms with Gasteiger partial charge in [-0.1, -0.05) is 18.2 Å². The Hall–Kier alpha value is -2.43. The molecule has 1 aliphatic carbocycles. The number of imidazole rings is 1. The summed E-state index contributed by atoms with van der Waals surface area (Å²) in [5.74, 6) is -0.911. The quantitative estimate of drug-likeness (QED) is 0.747. The molecule has 106 valence electrons. The number of nitrogens with zero attached hydrogens (tertiary/aromatic N) is 3. The van der Waals surface area contributed by atoms with E-state index in [1.807, 2.05) is 29.8 Å². The average molecular weight is 281 g/mol. The summed E-state index contributed by atoms with van der Waals surface area (Å²) in [6, 6.07) is 9.14. The molecule has 2 aromatic rings. The maximum absolute atomic E-state index is 12.8. The minimum Gasteiger partial charge on any atom is -0.337 e. The third-order valence-corrected chi connectivity index (χ3v) is 4.52. The zero-order valence-electron chi connectivity index (χ0n) is 11.7. The number of aromatic nitrogens is 2. The summed E-state index contributed by atoms with van der Waals surface area (Å²) in [5.41, 5.74) is 2.51. The molecule has 21 heavy (non-hydrogen) atoms. The molecule has 1 aromatic carbocycles. The second kappa shape index (κ2) is 4.28. The fourth-order valence-electron chi connectivity index (χ4n) is 3.49. The smallest absolute Gasteiger partial charge is 0.243 e. The van der Waals surface area contributed by atoms with Crippen LogP contribution in [0.1, 0.15) is 23.7 Å². The number of fused-ring (bicyclic) bond motifs is 3. The number of carbonyl (C=O) groups is 2. The van der Waals surface area contributed by atoms with Crippen molar-refractivity contribution in [2.75, 3.05) is 4.90 Å². The number of benzene rings is 1. The highest BCUT2D eigenvalue weighted by Crippen LogP contribution is 2.43. The maximum Gasteiger partial charge on any atom is 0.243 e. The Morgan fingerprint density at radius 2 is 1.90 bits per heavy atom. The Labute approximate surface area is 122 Å². The summed E-state index contributed by atoms with van der Waals surface area (Å²) in [5, 5.41) is 0. The van der Waals surface area contributed by atoms with Gasteiger partial charge in [-0.05, 0) is 25.0 Å². The molecule has 0 spiro atoms. The first-order valence-corrected chi connectivity index (χ1v) is 7.11. The SMILES string of the molecule is Cn1cnc2c1CCC1C(=O)N(c3ccccc3)C(=O)C21. The van der Waals surface area contributed by atoms with E-state index < -0.39 is 5.92 Å². The van der Waals surface area contributed by atoms with Crippen molar-refractivity contribution in [1.82, 2.24) is 9.55 Å². The molecular formula is C16H15N3O2. The number of carbonyl (C=O) groups excluding carboxylic acids is 2. The van der Waals surface area contributed by atoms with Gasteiger partial charge in [0.15, 0.2) is 0 Å². The third-order valence-electron chi connectivity index (χ3n) is 4.52. The monoisotopic (exact) mass is 281 g/mol. The number of para-hydroxylation sites is 1. The minimum absolute atomic E-state index is 0.0903. The molecule has 1 aromatic heterocycles. The van der Waals surface area contributed by atoms with Gasteiger partial charge in [0.1, 0.15) is 0 Å². The normalized spacial score (nSPS) is 24.1. The number of hydrogen-bond donors (Lipinski definition) is 0. The van der Waals surface area contributed by atoms with Gasteiger partial charge in [-0.25, -0.2) is 9.88 Å². The highest BCUT2D eigenvalue weighted by atomic mass is 16.2. The molecule has 0 bridgehead atoms. The van der Waals surface area contributed by atoms with E-state index in [1.165, 1.54) is 4.90 Å². The van der Waals surface area contributed by atoms with Crippen LogP contribution in [0.15, 0.2) is 36.7 Å². The van der Waals surface area contributed by atoms with Crippen molar-refractivity contribution < 1.29 is 9.59 Å². The first-order chi connectivity index (χ1) is 10.2. The molecule has 0 radical (unpaired) electrons. The molecule has 5 heteroatoms. The highest BCUT2D eigenvalue weighted by Gasteiger charge is 2.52. The molecule has 1 aliphatic heterocycles. The van der Waals surface area contributed by atoms with E-state index in [2.05, 4.69) is 4.98 Å². The summed E-state index contributed by atoms with van der Waals surface area (Å²) < 4.78 is 1.95. The van der Waals surface area contributed by atoms with Gasteiger partial charge in [0.2, 0.25) is 11.8 Å². The van der Waals surface area contributed by atoms with Crippen LogP contribution < -0.4 is 4.90 Å². The Morgan fingerprint density at radius 1 is 1.14 bits per heavy atom. The molecule has 4 rings (SSSR count). The van der Waals surface area contributed by atoms with Crippen molar-refractivity contribution in [1.29, 1.82) is 0 Å². The predicted molar refractivity (Wildman–Crippen MR) is 76.7 cm³/mol. The lowest BCUT2D eigenvalue weighted by atomic mass is 9.81. The van der Waals surface area contributed by atoms with Crippen LogP contribution in [0.3, 0.4) is 0 Å². The van der Waals surface area contributed by atoms with Crippen molar-refractivity contribution in [2.24, 2.45) is 13.0 Å². The molecule has 0 saturated carbocycles. The molecule has 2 aliphatic rings. The summed E-state index contributed by atoms with van der Waals surface area (Å²) in [4.78, 5) is 31.1. The summed E-state index contributed by atoms with van der Waals surface area (Å²) in [6.45, 7) is 0. The van der Waals surface area contributed by atoms with Gasteiger partial charge >= 0.3 is 0 Å². The number of imide groups is 1. The number of anilines is 1. The second-order valence-electron chi connectivity index (χ2n) is 5.66. The summed E-state index contributed by atoms with van der Waals surface area (Å²) in [7, 11) is 1.93. The van der Waals surface area contributed by atoms with E-state index in [1.54, 1.807) is 18.5 Å². The standard InChI is InChI=1S/C16H15N3O2/c1-18-9-17-14-12(18)8-7-11-13(14)16(21)19(15(11)20)10-5-3-2-4-6-10/h2-6,9,11,13H,7-8H2,1H3. The van der Waals surface area contributed by atoms with Gasteiger partial charge in [-0.3, -0.25) is 9.59 Å². The third kappa shape index (κ3) is 1.60. The lowest BCUT2D eigenvalue weighted by Gasteiger charge is -2.21. The molecule has 0 N–H and O–H groups in total. The van der Waals surface area contributed by atoms with Crippen molar-refractivity contribution in [3.63, 3.8) is 0 Å². The van der Waals surface area contributed by atoms with Crippen LogP contribution in [0, 0.1) is 5.92 Å². The number of rotatable bonds is 1. The van der Waals surface area contributed by atoms with E-state index >= 15 is 0 Å². The number of hydrogen-bond acceptors (Lipinski definition) is 3. The zero-order chi connectivity index (χ0) is 14.6. The Bertz CT molecular complexity index is 735. The van der Waals surface area contributed by atoms with E-state index in [0.717, 1.165) is 17.8 Å². The van der Waals surface area contributed by atoms with E-state index in [-0.39, 0.29) is 17.7 Å². The molecule has 1 fully saturated rings. The second-order valence-corrected chi connectivity index (χ2v) is 5.66. The van der Waals surface area contributed by atoms with Crippen molar-refractivity contribution in [2.45, 2.75) is 18.8 Å². The van der Waals surface area contributed by atoms with Crippen molar-refractivity contribution in [3.8, 4) is 0 Å². The lowest BCUT2D eigenvalue weighted by molar-refractivity contribution is -0.122. The zero-order valence-corrected chi connectivity index (χ0v) is 11.7. The van der Waals surface area contributed by atoms with E-state index in [4.69, 9.17) is 0 Å². The van der Waals surface area contributed by atoms with Crippen molar-refractivity contribution in [3.05, 3.63) is 48.0 Å². The molecule has 2 amide bonds. The van der Waals surface area contributed by atoms with E-state index in [9.17, 15) is 9.59 Å². The first-order valence-electron chi connectivity index (χ1n) is 7.11. The highest BCUT2D eigenvalue weighted by molar-refractivity contribution is 6.23. The van der Waals surface area contributed by atoms with Gasteiger partial charge in [0.05, 0.1) is 29.5 Å².